The number of rotatable bonds is 11. The first-order chi connectivity index (χ1) is 20.4. The summed E-state index contributed by atoms with van der Waals surface area (Å²) in [7, 11) is -3.74. The highest BCUT2D eigenvalue weighted by atomic mass is 32.2. The fourth-order valence-corrected chi connectivity index (χ4v) is 6.17. The lowest BCUT2D eigenvalue weighted by Gasteiger charge is -2.29. The highest BCUT2D eigenvalue weighted by Crippen LogP contribution is 2.26. The monoisotopic (exact) mass is 585 g/mol. The first-order valence-corrected chi connectivity index (χ1v) is 15.5. The van der Waals surface area contributed by atoms with E-state index < -0.39 is 10.0 Å². The highest BCUT2D eigenvalue weighted by molar-refractivity contribution is 7.89. The number of anilines is 1. The molecule has 0 heterocycles. The zero-order valence-corrected chi connectivity index (χ0v) is 24.1. The average molecular weight is 586 g/mol. The van der Waals surface area contributed by atoms with Gasteiger partial charge in [0.05, 0.1) is 4.90 Å². The first kappa shape index (κ1) is 29.3. The van der Waals surface area contributed by atoms with Gasteiger partial charge in [0.2, 0.25) is 10.0 Å². The van der Waals surface area contributed by atoms with Crippen LogP contribution in [0.15, 0.2) is 108 Å². The van der Waals surface area contributed by atoms with E-state index in [9.17, 15) is 13.2 Å². The van der Waals surface area contributed by atoms with Crippen molar-refractivity contribution in [3.63, 3.8) is 0 Å². The molecule has 0 saturated heterocycles. The molecule has 1 aliphatic carbocycles. The van der Waals surface area contributed by atoms with Crippen LogP contribution in [0.25, 0.3) is 0 Å². The molecule has 9 heteroatoms. The number of nitrogens with one attached hydrogen (secondary N) is 2. The summed E-state index contributed by atoms with van der Waals surface area (Å²) in [4.78, 5) is 13.4. The zero-order valence-electron chi connectivity index (χ0n) is 23.2. The SMILES string of the molecule is N[C@@H]1CCCC[C@H]1NS(=O)(=O)c1ccc(NC(=O)c2cc(OCc3ccccc3)cc(OCc3ccccc3)c2)cc1. The summed E-state index contributed by atoms with van der Waals surface area (Å²) in [5.74, 6) is 0.595. The molecule has 4 aromatic rings. The minimum atomic E-state index is -3.74. The van der Waals surface area contributed by atoms with Crippen molar-refractivity contribution in [1.82, 2.24) is 4.72 Å². The van der Waals surface area contributed by atoms with Gasteiger partial charge in [-0.05, 0) is 60.4 Å². The molecule has 4 aromatic carbocycles. The molecule has 218 valence electrons. The molecule has 4 N–H and O–H groups in total. The average Bonchev–Trinajstić information content (AvgIpc) is 3.01. The molecule has 0 aromatic heterocycles. The molecule has 42 heavy (non-hydrogen) atoms. The third kappa shape index (κ3) is 7.97. The number of ether oxygens (including phenoxy) is 2. The van der Waals surface area contributed by atoms with E-state index in [4.69, 9.17) is 15.2 Å². The van der Waals surface area contributed by atoms with Crippen LogP contribution in [0.3, 0.4) is 0 Å². The minimum absolute atomic E-state index is 0.117. The van der Waals surface area contributed by atoms with E-state index in [1.54, 1.807) is 30.3 Å². The molecule has 0 unspecified atom stereocenters. The fourth-order valence-electron chi connectivity index (χ4n) is 4.85. The molecule has 0 bridgehead atoms. The van der Waals surface area contributed by atoms with Gasteiger partial charge in [-0.1, -0.05) is 73.5 Å². The van der Waals surface area contributed by atoms with Gasteiger partial charge < -0.3 is 20.5 Å². The molecule has 1 saturated carbocycles. The molecular weight excluding hydrogens is 550 g/mol. The second-order valence-corrected chi connectivity index (χ2v) is 12.1. The van der Waals surface area contributed by atoms with E-state index in [1.165, 1.54) is 12.1 Å². The number of hydrogen-bond acceptors (Lipinski definition) is 6. The van der Waals surface area contributed by atoms with Gasteiger partial charge in [0, 0.05) is 29.4 Å². The van der Waals surface area contributed by atoms with Crippen LogP contribution in [0, 0.1) is 0 Å². The van der Waals surface area contributed by atoms with Crippen LogP contribution in [-0.4, -0.2) is 26.4 Å². The largest absolute Gasteiger partial charge is 0.489 e. The van der Waals surface area contributed by atoms with Crippen molar-refractivity contribution in [2.45, 2.75) is 55.9 Å². The summed E-state index contributed by atoms with van der Waals surface area (Å²) < 4.78 is 40.6. The lowest BCUT2D eigenvalue weighted by Crippen LogP contribution is -2.49. The Bertz CT molecular complexity index is 1520. The standard InChI is InChI=1S/C33H35N3O5S/c34-31-13-7-8-14-32(31)36-42(38,39)30-17-15-27(16-18-30)35-33(37)26-19-28(40-22-24-9-3-1-4-10-24)21-29(20-26)41-23-25-11-5-2-6-12-25/h1-6,9-12,15-21,31-32,36H,7-8,13-14,22-23,34H2,(H,35,37)/t31-,32-/m1/s1. The second kappa shape index (κ2) is 13.7. The maximum atomic E-state index is 13.3. The maximum absolute atomic E-state index is 13.3. The number of carbonyl (C=O) groups is 1. The molecule has 0 radical (unpaired) electrons. The molecule has 8 nitrogen and oxygen atoms in total. The summed E-state index contributed by atoms with van der Waals surface area (Å²) >= 11 is 0. The van der Waals surface area contributed by atoms with E-state index in [0.29, 0.717) is 36.0 Å². The third-order valence-corrected chi connectivity index (χ3v) is 8.69. The number of benzene rings is 4. The second-order valence-electron chi connectivity index (χ2n) is 10.4. The van der Waals surface area contributed by atoms with Crippen LogP contribution >= 0.6 is 0 Å². The normalized spacial score (nSPS) is 16.9. The molecule has 0 spiro atoms. The lowest BCUT2D eigenvalue weighted by molar-refractivity contribution is 0.102. The molecule has 1 aliphatic rings. The molecule has 1 amide bonds. The quantitative estimate of drug-likeness (QED) is 0.209. The number of sulfonamides is 1. The number of amides is 1. The topological polar surface area (TPSA) is 120 Å². The zero-order chi connectivity index (χ0) is 29.4. The lowest BCUT2D eigenvalue weighted by atomic mass is 9.92. The highest BCUT2D eigenvalue weighted by Gasteiger charge is 2.27. The Kier molecular flexibility index (Phi) is 9.53. The van der Waals surface area contributed by atoms with Crippen LogP contribution in [0.2, 0.25) is 0 Å². The van der Waals surface area contributed by atoms with Gasteiger partial charge in [0.15, 0.2) is 0 Å². The van der Waals surface area contributed by atoms with Crippen LogP contribution in [0.5, 0.6) is 11.5 Å². The summed E-state index contributed by atoms with van der Waals surface area (Å²) in [6.45, 7) is 0.666. The van der Waals surface area contributed by atoms with Crippen LogP contribution in [-0.2, 0) is 23.2 Å². The smallest absolute Gasteiger partial charge is 0.255 e. The summed E-state index contributed by atoms with van der Waals surface area (Å²) in [5, 5.41) is 2.84. The van der Waals surface area contributed by atoms with Gasteiger partial charge in [0.1, 0.15) is 24.7 Å². The van der Waals surface area contributed by atoms with Gasteiger partial charge in [-0.3, -0.25) is 4.79 Å². The van der Waals surface area contributed by atoms with Gasteiger partial charge in [0.25, 0.3) is 5.91 Å². The van der Waals surface area contributed by atoms with Crippen LogP contribution < -0.4 is 25.2 Å². The Morgan fingerprint density at radius 3 is 1.86 bits per heavy atom. The van der Waals surface area contributed by atoms with E-state index in [-0.39, 0.29) is 22.9 Å². The molecular formula is C33H35N3O5S. The van der Waals surface area contributed by atoms with Gasteiger partial charge >= 0.3 is 0 Å². The molecule has 2 atom stereocenters. The third-order valence-electron chi connectivity index (χ3n) is 7.19. The summed E-state index contributed by atoms with van der Waals surface area (Å²) in [6, 6.07) is 30.2. The van der Waals surface area contributed by atoms with Crippen molar-refractivity contribution in [1.29, 1.82) is 0 Å². The van der Waals surface area contributed by atoms with Crippen molar-refractivity contribution in [2.24, 2.45) is 5.73 Å². The van der Waals surface area contributed by atoms with Crippen molar-refractivity contribution in [2.75, 3.05) is 5.32 Å². The Morgan fingerprint density at radius 1 is 0.762 bits per heavy atom. The molecule has 5 rings (SSSR count). The predicted octanol–water partition coefficient (Wildman–Crippen LogP) is 5.65. The Hall–Kier alpha value is -4.18. The van der Waals surface area contributed by atoms with Gasteiger partial charge in [-0.2, -0.15) is 0 Å². The Labute approximate surface area is 246 Å². The maximum Gasteiger partial charge on any atom is 0.255 e. The van der Waals surface area contributed by atoms with Crippen molar-refractivity contribution in [3.05, 3.63) is 120 Å². The van der Waals surface area contributed by atoms with Crippen molar-refractivity contribution < 1.29 is 22.7 Å². The number of hydrogen-bond donors (Lipinski definition) is 3. The van der Waals surface area contributed by atoms with Gasteiger partial charge in [-0.25, -0.2) is 13.1 Å². The Morgan fingerprint density at radius 2 is 1.31 bits per heavy atom. The van der Waals surface area contributed by atoms with E-state index >= 15 is 0 Å². The van der Waals surface area contributed by atoms with Crippen molar-refractivity contribution >= 4 is 21.6 Å². The summed E-state index contributed by atoms with van der Waals surface area (Å²) in [6.07, 6.45) is 3.48. The van der Waals surface area contributed by atoms with Crippen LogP contribution in [0.4, 0.5) is 5.69 Å². The Balaban J connectivity index is 1.29. The van der Waals surface area contributed by atoms with Gasteiger partial charge in [-0.15, -0.1) is 0 Å². The van der Waals surface area contributed by atoms with E-state index in [2.05, 4.69) is 10.0 Å². The van der Waals surface area contributed by atoms with Crippen LogP contribution in [0.1, 0.15) is 47.2 Å². The van der Waals surface area contributed by atoms with Crippen molar-refractivity contribution in [3.8, 4) is 11.5 Å². The summed E-state index contributed by atoms with van der Waals surface area (Å²) in [5.41, 5.74) is 8.91. The fraction of sp³-hybridized carbons (Fsp3) is 0.242. The predicted molar refractivity (Wildman–Crippen MR) is 163 cm³/mol. The molecule has 0 aliphatic heterocycles. The number of nitrogens with two attached hydrogens (primary N) is 1. The molecule has 1 fully saturated rings. The van der Waals surface area contributed by atoms with E-state index in [0.717, 1.165) is 36.8 Å². The number of carbonyl (C=O) groups excluding carboxylic acids is 1. The van der Waals surface area contributed by atoms with E-state index in [1.807, 2.05) is 60.7 Å². The first-order valence-electron chi connectivity index (χ1n) is 14.0. The minimum Gasteiger partial charge on any atom is -0.489 e.